The van der Waals surface area contributed by atoms with Crippen molar-refractivity contribution < 1.29 is 9.90 Å². The monoisotopic (exact) mass is 266 g/mol. The smallest absolute Gasteiger partial charge is 0.231 e. The molecule has 4 nitrogen and oxygen atoms in total. The number of rotatable bonds is 2. The van der Waals surface area contributed by atoms with Crippen molar-refractivity contribution in [2.75, 3.05) is 5.32 Å². The van der Waals surface area contributed by atoms with Crippen LogP contribution in [-0.2, 0) is 17.6 Å². The van der Waals surface area contributed by atoms with Gasteiger partial charge in [-0.1, -0.05) is 0 Å². The predicted molar refractivity (Wildman–Crippen MR) is 70.7 cm³/mol. The van der Waals surface area contributed by atoms with E-state index in [1.165, 1.54) is 17.7 Å². The van der Waals surface area contributed by atoms with Crippen LogP contribution in [0.25, 0.3) is 0 Å². The summed E-state index contributed by atoms with van der Waals surface area (Å²) < 4.78 is 0. The van der Waals surface area contributed by atoms with E-state index in [0.29, 0.717) is 5.13 Å². The first-order chi connectivity index (χ1) is 8.74. The van der Waals surface area contributed by atoms with E-state index in [1.54, 1.807) is 11.3 Å². The molecule has 1 heterocycles. The van der Waals surface area contributed by atoms with Crippen molar-refractivity contribution in [1.82, 2.24) is 4.98 Å². The van der Waals surface area contributed by atoms with Crippen LogP contribution in [0, 0.1) is 5.92 Å². The number of aryl methyl sites for hydroxylation is 2. The van der Waals surface area contributed by atoms with E-state index in [4.69, 9.17) is 0 Å². The number of nitrogens with one attached hydrogen (secondary N) is 1. The molecule has 1 fully saturated rings. The zero-order valence-corrected chi connectivity index (χ0v) is 11.1. The third-order valence-corrected chi connectivity index (χ3v) is 4.96. The van der Waals surface area contributed by atoms with E-state index in [2.05, 4.69) is 10.3 Å². The molecule has 2 aliphatic rings. The van der Waals surface area contributed by atoms with E-state index < -0.39 is 6.10 Å². The first-order valence-corrected chi connectivity index (χ1v) is 7.53. The molecule has 0 aliphatic heterocycles. The molecule has 0 aromatic carbocycles. The van der Waals surface area contributed by atoms with Crippen molar-refractivity contribution in [3.63, 3.8) is 0 Å². The van der Waals surface area contributed by atoms with Gasteiger partial charge in [-0.2, -0.15) is 0 Å². The fraction of sp³-hybridized carbons (Fsp3) is 0.692. The normalized spacial score (nSPS) is 26.9. The van der Waals surface area contributed by atoms with Gasteiger partial charge >= 0.3 is 0 Å². The molecule has 1 amide bonds. The number of fused-ring (bicyclic) bond motifs is 1. The van der Waals surface area contributed by atoms with Crippen LogP contribution >= 0.6 is 11.3 Å². The molecule has 3 rings (SSSR count). The first-order valence-electron chi connectivity index (χ1n) is 6.71. The maximum Gasteiger partial charge on any atom is 0.231 e. The van der Waals surface area contributed by atoms with Crippen molar-refractivity contribution in [2.24, 2.45) is 5.92 Å². The van der Waals surface area contributed by atoms with Gasteiger partial charge in [-0.05, 0) is 44.9 Å². The van der Waals surface area contributed by atoms with Crippen LogP contribution in [0.1, 0.15) is 42.7 Å². The highest BCUT2D eigenvalue weighted by atomic mass is 32.1. The molecule has 2 unspecified atom stereocenters. The molecular weight excluding hydrogens is 248 g/mol. The molecule has 2 N–H and O–H groups in total. The highest BCUT2D eigenvalue weighted by Crippen LogP contribution is 2.31. The Bertz CT molecular complexity index is 434. The maximum atomic E-state index is 12.0. The lowest BCUT2D eigenvalue weighted by Gasteiger charge is -2.12. The van der Waals surface area contributed by atoms with Crippen LogP contribution in [-0.4, -0.2) is 22.1 Å². The zero-order chi connectivity index (χ0) is 12.5. The third kappa shape index (κ3) is 2.29. The summed E-state index contributed by atoms with van der Waals surface area (Å²) in [6.45, 7) is 0. The summed E-state index contributed by atoms with van der Waals surface area (Å²) in [5.41, 5.74) is 1.16. The first kappa shape index (κ1) is 12.1. The number of hydrogen-bond acceptors (Lipinski definition) is 4. The lowest BCUT2D eigenvalue weighted by atomic mass is 10.0. The van der Waals surface area contributed by atoms with Crippen molar-refractivity contribution in [3.8, 4) is 0 Å². The minimum atomic E-state index is -0.473. The Labute approximate surface area is 110 Å². The molecule has 98 valence electrons. The molecule has 1 aromatic heterocycles. The van der Waals surface area contributed by atoms with E-state index in [0.717, 1.165) is 37.8 Å². The van der Waals surface area contributed by atoms with Crippen molar-refractivity contribution >= 4 is 22.4 Å². The van der Waals surface area contributed by atoms with Gasteiger partial charge in [0.2, 0.25) is 5.91 Å². The minimum Gasteiger partial charge on any atom is -0.392 e. The lowest BCUT2D eigenvalue weighted by molar-refractivity contribution is -0.122. The number of aliphatic hydroxyl groups excluding tert-OH is 1. The predicted octanol–water partition coefficient (Wildman–Crippen LogP) is 2.12. The van der Waals surface area contributed by atoms with Gasteiger partial charge in [-0.15, -0.1) is 11.3 Å². The second-order valence-electron chi connectivity index (χ2n) is 5.19. The number of aliphatic hydroxyl groups is 1. The second-order valence-corrected chi connectivity index (χ2v) is 6.27. The van der Waals surface area contributed by atoms with Crippen molar-refractivity contribution in [2.45, 2.75) is 51.0 Å². The summed E-state index contributed by atoms with van der Waals surface area (Å²) in [6, 6.07) is 0. The van der Waals surface area contributed by atoms with Gasteiger partial charge in [0, 0.05) is 4.88 Å². The van der Waals surface area contributed by atoms with Crippen LogP contribution in [0.3, 0.4) is 0 Å². The van der Waals surface area contributed by atoms with E-state index in [-0.39, 0.29) is 11.8 Å². The fourth-order valence-corrected chi connectivity index (χ4v) is 3.90. The molecule has 0 radical (unpaired) electrons. The number of amides is 1. The number of anilines is 1. The van der Waals surface area contributed by atoms with Crippen LogP contribution < -0.4 is 5.32 Å². The SMILES string of the molecule is O=C(Nc1nc2c(s1)CCCC2)C1CCCC1O. The summed E-state index contributed by atoms with van der Waals surface area (Å²) in [6.07, 6.45) is 6.55. The molecule has 1 saturated carbocycles. The summed E-state index contributed by atoms with van der Waals surface area (Å²) in [4.78, 5) is 17.8. The Morgan fingerprint density at radius 2 is 2.11 bits per heavy atom. The lowest BCUT2D eigenvalue weighted by Crippen LogP contribution is -2.28. The zero-order valence-electron chi connectivity index (χ0n) is 10.3. The van der Waals surface area contributed by atoms with Crippen LogP contribution in [0.5, 0.6) is 0 Å². The minimum absolute atomic E-state index is 0.0638. The van der Waals surface area contributed by atoms with Crippen LogP contribution in [0.15, 0.2) is 0 Å². The number of carbonyl (C=O) groups excluding carboxylic acids is 1. The van der Waals surface area contributed by atoms with Crippen LogP contribution in [0.4, 0.5) is 5.13 Å². The third-order valence-electron chi connectivity index (χ3n) is 3.89. The Morgan fingerprint density at radius 3 is 2.83 bits per heavy atom. The average Bonchev–Trinajstić information content (AvgIpc) is 2.94. The summed E-state index contributed by atoms with van der Waals surface area (Å²) >= 11 is 1.60. The van der Waals surface area contributed by atoms with Gasteiger partial charge in [0.1, 0.15) is 0 Å². The summed E-state index contributed by atoms with van der Waals surface area (Å²) in [5, 5.41) is 13.3. The highest BCUT2D eigenvalue weighted by Gasteiger charge is 2.32. The molecule has 2 aliphatic carbocycles. The second kappa shape index (κ2) is 4.97. The Kier molecular flexibility index (Phi) is 3.35. The maximum absolute atomic E-state index is 12.0. The topological polar surface area (TPSA) is 62.2 Å². The standard InChI is InChI=1S/C13H18N2O2S/c16-10-6-3-4-8(10)12(17)15-13-14-9-5-1-2-7-11(9)18-13/h8,10,16H,1-7H2,(H,14,15,17). The quantitative estimate of drug-likeness (QED) is 0.862. The van der Waals surface area contributed by atoms with Crippen LogP contribution in [0.2, 0.25) is 0 Å². The van der Waals surface area contributed by atoms with Gasteiger partial charge in [-0.3, -0.25) is 4.79 Å². The summed E-state index contributed by atoms with van der Waals surface area (Å²) in [7, 11) is 0. The Hall–Kier alpha value is -0.940. The number of thiazole rings is 1. The highest BCUT2D eigenvalue weighted by molar-refractivity contribution is 7.15. The largest absolute Gasteiger partial charge is 0.392 e. The van der Waals surface area contributed by atoms with E-state index in [9.17, 15) is 9.90 Å². The molecular formula is C13H18N2O2S. The van der Waals surface area contributed by atoms with Crippen molar-refractivity contribution in [1.29, 1.82) is 0 Å². The number of carbonyl (C=O) groups is 1. The number of hydrogen-bond donors (Lipinski definition) is 2. The van der Waals surface area contributed by atoms with Gasteiger partial charge in [0.15, 0.2) is 5.13 Å². The average molecular weight is 266 g/mol. The van der Waals surface area contributed by atoms with Gasteiger partial charge < -0.3 is 10.4 Å². The summed E-state index contributed by atoms with van der Waals surface area (Å²) in [5.74, 6) is -0.308. The van der Waals surface area contributed by atoms with E-state index in [1.807, 2.05) is 0 Å². The molecule has 0 bridgehead atoms. The van der Waals surface area contributed by atoms with Gasteiger partial charge in [0.05, 0.1) is 17.7 Å². The molecule has 18 heavy (non-hydrogen) atoms. The van der Waals surface area contributed by atoms with Gasteiger partial charge in [-0.25, -0.2) is 4.98 Å². The van der Waals surface area contributed by atoms with E-state index >= 15 is 0 Å². The Morgan fingerprint density at radius 1 is 1.28 bits per heavy atom. The number of aromatic nitrogens is 1. The molecule has 2 atom stereocenters. The van der Waals surface area contributed by atoms with Gasteiger partial charge in [0.25, 0.3) is 0 Å². The fourth-order valence-electron chi connectivity index (χ4n) is 2.85. The van der Waals surface area contributed by atoms with Crippen molar-refractivity contribution in [3.05, 3.63) is 10.6 Å². The molecule has 1 aromatic rings. The number of nitrogens with zero attached hydrogens (tertiary/aromatic N) is 1. The Balaban J connectivity index is 1.68. The molecule has 0 spiro atoms. The molecule has 5 heteroatoms. The molecule has 0 saturated heterocycles.